The summed E-state index contributed by atoms with van der Waals surface area (Å²) in [6, 6.07) is 42.6. The van der Waals surface area contributed by atoms with E-state index < -0.39 is 0 Å². The highest BCUT2D eigenvalue weighted by molar-refractivity contribution is 5.43. The maximum Gasteiger partial charge on any atom is 0.0713 e. The summed E-state index contributed by atoms with van der Waals surface area (Å²) in [5.41, 5.74) is 9.85. The molecule has 0 saturated heterocycles. The quantitative estimate of drug-likeness (QED) is 0.264. The van der Waals surface area contributed by atoms with Crippen LogP contribution in [0.25, 0.3) is 0 Å². The zero-order chi connectivity index (χ0) is 23.0. The Hall–Kier alpha value is -4.04. The second kappa shape index (κ2) is 10.7. The Morgan fingerprint density at radius 2 is 0.588 bits per heavy atom. The van der Waals surface area contributed by atoms with Gasteiger partial charge in [-0.15, -0.1) is 0 Å². The zero-order valence-corrected chi connectivity index (χ0v) is 19.3. The van der Waals surface area contributed by atoms with E-state index in [1.807, 2.05) is 0 Å². The van der Waals surface area contributed by atoms with Crippen molar-refractivity contribution >= 4 is 0 Å². The normalized spacial score (nSPS) is 10.8. The van der Waals surface area contributed by atoms with Gasteiger partial charge in [0.1, 0.15) is 0 Å². The summed E-state index contributed by atoms with van der Waals surface area (Å²) in [5.74, 6) is 0. The Kier molecular flexibility index (Phi) is 6.87. The average Bonchev–Trinajstić information content (AvgIpc) is 2.90. The molecule has 0 radical (unpaired) electrons. The second-order valence-corrected chi connectivity index (χ2v) is 8.70. The molecule has 4 aromatic carbocycles. The van der Waals surface area contributed by atoms with Crippen molar-refractivity contribution in [2.75, 3.05) is 0 Å². The standard InChI is InChI=1S/C32H28N2/c1-5-13-25(14-6-1)21-29-30(22-26-15-7-2-8-16-26)32(24-28-19-11-4-12-20-28)34-33-31(29)23-27-17-9-3-10-18-27/h1-20H,21-24H2. The third kappa shape index (κ3) is 5.47. The van der Waals surface area contributed by atoms with Gasteiger partial charge in [-0.1, -0.05) is 121 Å². The van der Waals surface area contributed by atoms with Crippen LogP contribution < -0.4 is 0 Å². The van der Waals surface area contributed by atoms with Crippen molar-refractivity contribution in [2.45, 2.75) is 25.7 Å². The topological polar surface area (TPSA) is 25.8 Å². The van der Waals surface area contributed by atoms with Gasteiger partial charge in [-0.3, -0.25) is 0 Å². The lowest BCUT2D eigenvalue weighted by Gasteiger charge is -2.18. The highest BCUT2D eigenvalue weighted by atomic mass is 15.1. The van der Waals surface area contributed by atoms with Crippen LogP contribution in [0.5, 0.6) is 0 Å². The fraction of sp³-hybridized carbons (Fsp3) is 0.125. The first-order valence-electron chi connectivity index (χ1n) is 11.9. The van der Waals surface area contributed by atoms with Crippen LogP contribution in [0.15, 0.2) is 121 Å². The van der Waals surface area contributed by atoms with Crippen LogP contribution in [-0.2, 0) is 25.7 Å². The molecule has 0 spiro atoms. The van der Waals surface area contributed by atoms with E-state index in [1.165, 1.54) is 33.4 Å². The maximum atomic E-state index is 4.82. The van der Waals surface area contributed by atoms with Gasteiger partial charge in [0.15, 0.2) is 0 Å². The van der Waals surface area contributed by atoms with E-state index in [0.29, 0.717) is 0 Å². The first kappa shape index (κ1) is 21.8. The van der Waals surface area contributed by atoms with E-state index in [2.05, 4.69) is 121 Å². The van der Waals surface area contributed by atoms with Crippen LogP contribution in [0.4, 0.5) is 0 Å². The lowest BCUT2D eigenvalue weighted by atomic mass is 9.89. The molecule has 0 aliphatic carbocycles. The molecular formula is C32H28N2. The van der Waals surface area contributed by atoms with Gasteiger partial charge in [-0.05, 0) is 46.2 Å². The molecule has 34 heavy (non-hydrogen) atoms. The molecule has 0 amide bonds. The van der Waals surface area contributed by atoms with E-state index >= 15 is 0 Å². The molecule has 2 heteroatoms. The Balaban J connectivity index is 1.63. The van der Waals surface area contributed by atoms with Crippen molar-refractivity contribution in [3.8, 4) is 0 Å². The first-order valence-corrected chi connectivity index (χ1v) is 11.9. The molecule has 5 aromatic rings. The van der Waals surface area contributed by atoms with Gasteiger partial charge >= 0.3 is 0 Å². The van der Waals surface area contributed by atoms with Crippen LogP contribution in [0, 0.1) is 0 Å². The number of nitrogens with zero attached hydrogens (tertiary/aromatic N) is 2. The summed E-state index contributed by atoms with van der Waals surface area (Å²) in [7, 11) is 0. The molecule has 1 aromatic heterocycles. The summed E-state index contributed by atoms with van der Waals surface area (Å²) in [5, 5.41) is 9.64. The van der Waals surface area contributed by atoms with Gasteiger partial charge in [-0.2, -0.15) is 10.2 Å². The highest BCUT2D eigenvalue weighted by Crippen LogP contribution is 2.26. The van der Waals surface area contributed by atoms with Crippen molar-refractivity contribution in [3.63, 3.8) is 0 Å². The maximum absolute atomic E-state index is 4.82. The van der Waals surface area contributed by atoms with Crippen molar-refractivity contribution in [3.05, 3.63) is 166 Å². The summed E-state index contributed by atoms with van der Waals surface area (Å²) in [6.45, 7) is 0. The summed E-state index contributed by atoms with van der Waals surface area (Å²) >= 11 is 0. The van der Waals surface area contributed by atoms with E-state index in [4.69, 9.17) is 10.2 Å². The summed E-state index contributed by atoms with van der Waals surface area (Å²) in [6.07, 6.45) is 3.26. The predicted octanol–water partition coefficient (Wildman–Crippen LogP) is 6.84. The van der Waals surface area contributed by atoms with Crippen molar-refractivity contribution in [1.29, 1.82) is 0 Å². The molecule has 0 aliphatic heterocycles. The van der Waals surface area contributed by atoms with E-state index in [9.17, 15) is 0 Å². The van der Waals surface area contributed by atoms with E-state index in [-0.39, 0.29) is 0 Å². The summed E-state index contributed by atoms with van der Waals surface area (Å²) in [4.78, 5) is 0. The SMILES string of the molecule is c1ccc(Cc2nnc(Cc3ccccc3)c(Cc3ccccc3)c2Cc2ccccc2)cc1. The van der Waals surface area contributed by atoms with Crippen LogP contribution in [0.3, 0.4) is 0 Å². The molecule has 0 aliphatic rings. The minimum absolute atomic E-state index is 0.781. The Morgan fingerprint density at radius 1 is 0.324 bits per heavy atom. The average molecular weight is 441 g/mol. The van der Waals surface area contributed by atoms with Crippen molar-refractivity contribution in [1.82, 2.24) is 10.2 Å². The lowest BCUT2D eigenvalue weighted by Crippen LogP contribution is -2.13. The van der Waals surface area contributed by atoms with Gasteiger partial charge < -0.3 is 0 Å². The highest BCUT2D eigenvalue weighted by Gasteiger charge is 2.18. The number of hydrogen-bond donors (Lipinski definition) is 0. The molecule has 0 unspecified atom stereocenters. The molecule has 0 atom stereocenters. The molecule has 0 N–H and O–H groups in total. The largest absolute Gasteiger partial charge is 0.155 e. The van der Waals surface area contributed by atoms with Crippen LogP contribution in [-0.4, -0.2) is 10.2 Å². The number of hydrogen-bond acceptors (Lipinski definition) is 2. The number of aromatic nitrogens is 2. The number of benzene rings is 4. The fourth-order valence-corrected chi connectivity index (χ4v) is 4.47. The molecule has 1 heterocycles. The number of rotatable bonds is 8. The fourth-order valence-electron chi connectivity index (χ4n) is 4.47. The third-order valence-electron chi connectivity index (χ3n) is 6.23. The van der Waals surface area contributed by atoms with Crippen LogP contribution in [0.2, 0.25) is 0 Å². The Bertz CT molecular complexity index is 1210. The molecule has 0 saturated carbocycles. The molecule has 2 nitrogen and oxygen atoms in total. The molecule has 166 valence electrons. The monoisotopic (exact) mass is 440 g/mol. The Morgan fingerprint density at radius 3 is 0.882 bits per heavy atom. The molecule has 5 rings (SSSR count). The van der Waals surface area contributed by atoms with Gasteiger partial charge in [0.05, 0.1) is 11.4 Å². The van der Waals surface area contributed by atoms with Crippen LogP contribution in [0.1, 0.15) is 44.8 Å². The third-order valence-corrected chi connectivity index (χ3v) is 6.23. The second-order valence-electron chi connectivity index (χ2n) is 8.70. The van der Waals surface area contributed by atoms with Gasteiger partial charge in [-0.25, -0.2) is 0 Å². The molecule has 0 fully saturated rings. The molecular weight excluding hydrogens is 412 g/mol. The minimum Gasteiger partial charge on any atom is -0.155 e. The van der Waals surface area contributed by atoms with Gasteiger partial charge in [0.2, 0.25) is 0 Å². The van der Waals surface area contributed by atoms with Crippen molar-refractivity contribution < 1.29 is 0 Å². The minimum atomic E-state index is 0.781. The van der Waals surface area contributed by atoms with Gasteiger partial charge in [0, 0.05) is 12.8 Å². The van der Waals surface area contributed by atoms with Gasteiger partial charge in [0.25, 0.3) is 0 Å². The lowest BCUT2D eigenvalue weighted by molar-refractivity contribution is 0.825. The zero-order valence-electron chi connectivity index (χ0n) is 19.3. The van der Waals surface area contributed by atoms with E-state index in [0.717, 1.165) is 37.1 Å². The first-order chi connectivity index (χ1) is 16.8. The molecule has 0 bridgehead atoms. The van der Waals surface area contributed by atoms with E-state index in [1.54, 1.807) is 0 Å². The Labute approximate surface area is 202 Å². The predicted molar refractivity (Wildman–Crippen MR) is 139 cm³/mol. The van der Waals surface area contributed by atoms with Crippen molar-refractivity contribution in [2.24, 2.45) is 0 Å². The summed E-state index contributed by atoms with van der Waals surface area (Å²) < 4.78 is 0. The van der Waals surface area contributed by atoms with Crippen LogP contribution >= 0.6 is 0 Å². The smallest absolute Gasteiger partial charge is 0.0713 e.